The van der Waals surface area contributed by atoms with Crippen LogP contribution in [0.2, 0.25) is 0 Å². The van der Waals surface area contributed by atoms with E-state index in [1.54, 1.807) is 31.6 Å². The molecule has 0 aliphatic heterocycles. The smallest absolute Gasteiger partial charge is 0.241 e. The number of nitrogens with two attached hydrogens (primary N) is 1. The van der Waals surface area contributed by atoms with E-state index in [9.17, 15) is 4.79 Å². The second kappa shape index (κ2) is 7.32. The molecule has 1 amide bonds. The Labute approximate surface area is 160 Å². The summed E-state index contributed by atoms with van der Waals surface area (Å²) in [7, 11) is 1.59. The van der Waals surface area contributed by atoms with Crippen molar-refractivity contribution in [2.24, 2.45) is 5.73 Å². The molecular formula is C21H17N5O2. The van der Waals surface area contributed by atoms with Gasteiger partial charge in [-0.3, -0.25) is 4.79 Å². The van der Waals surface area contributed by atoms with Crippen LogP contribution in [0.15, 0.2) is 61.1 Å². The van der Waals surface area contributed by atoms with Crippen LogP contribution >= 0.6 is 0 Å². The number of rotatable bonds is 5. The minimum absolute atomic E-state index is 0.514. The van der Waals surface area contributed by atoms with Crippen molar-refractivity contribution in [2.45, 2.75) is 0 Å². The number of pyridine rings is 3. The Balaban J connectivity index is 1.78. The van der Waals surface area contributed by atoms with E-state index in [1.807, 2.05) is 36.5 Å². The topological polar surface area (TPSA) is 107 Å². The largest absolute Gasteiger partial charge is 0.481 e. The van der Waals surface area contributed by atoms with Gasteiger partial charge in [-0.1, -0.05) is 6.07 Å². The highest BCUT2D eigenvalue weighted by Gasteiger charge is 2.11. The fourth-order valence-corrected chi connectivity index (χ4v) is 2.94. The summed E-state index contributed by atoms with van der Waals surface area (Å²) in [5, 5.41) is 0.964. The summed E-state index contributed by atoms with van der Waals surface area (Å²) >= 11 is 0. The molecule has 0 atom stereocenters. The number of H-pyrrole nitrogens is 1. The van der Waals surface area contributed by atoms with Crippen LogP contribution in [0, 0.1) is 0 Å². The number of fused-ring (bicyclic) bond motifs is 1. The molecule has 7 nitrogen and oxygen atoms in total. The second-order valence-corrected chi connectivity index (χ2v) is 6.09. The maximum absolute atomic E-state index is 10.9. The quantitative estimate of drug-likeness (QED) is 0.524. The molecule has 0 saturated heterocycles. The summed E-state index contributed by atoms with van der Waals surface area (Å²) in [4.78, 5) is 27.4. The molecule has 4 aromatic rings. The van der Waals surface area contributed by atoms with E-state index in [1.165, 1.54) is 6.08 Å². The Morgan fingerprint density at radius 2 is 2.07 bits per heavy atom. The molecule has 7 heteroatoms. The normalized spacial score (nSPS) is 11.2. The predicted molar refractivity (Wildman–Crippen MR) is 107 cm³/mol. The Hall–Kier alpha value is -4.00. The van der Waals surface area contributed by atoms with Crippen molar-refractivity contribution in [3.63, 3.8) is 0 Å². The third-order valence-electron chi connectivity index (χ3n) is 4.27. The monoisotopic (exact) mass is 371 g/mol. The average Bonchev–Trinajstić information content (AvgIpc) is 3.16. The van der Waals surface area contributed by atoms with Crippen LogP contribution in [0.1, 0.15) is 5.69 Å². The van der Waals surface area contributed by atoms with Crippen molar-refractivity contribution in [3.05, 3.63) is 66.8 Å². The fraction of sp³-hybridized carbons (Fsp3) is 0.0476. The SMILES string of the molecule is COc1cc(-c2c[nH]c3ncc(-c4cccc(C=CC(N)=O)n4)cc23)ccn1. The highest BCUT2D eigenvalue weighted by molar-refractivity contribution is 5.95. The number of nitrogens with one attached hydrogen (secondary N) is 1. The van der Waals surface area contributed by atoms with E-state index < -0.39 is 5.91 Å². The van der Waals surface area contributed by atoms with Gasteiger partial charge in [0, 0.05) is 47.2 Å². The summed E-state index contributed by atoms with van der Waals surface area (Å²) in [6.45, 7) is 0. The van der Waals surface area contributed by atoms with Crippen LogP contribution in [0.5, 0.6) is 5.88 Å². The van der Waals surface area contributed by atoms with E-state index in [2.05, 4.69) is 19.9 Å². The van der Waals surface area contributed by atoms with Gasteiger partial charge in [0.2, 0.25) is 11.8 Å². The van der Waals surface area contributed by atoms with Crippen molar-refractivity contribution in [3.8, 4) is 28.3 Å². The van der Waals surface area contributed by atoms with Gasteiger partial charge in [-0.05, 0) is 35.9 Å². The summed E-state index contributed by atoms with van der Waals surface area (Å²) in [5.74, 6) is 0.0339. The molecule has 4 heterocycles. The van der Waals surface area contributed by atoms with Gasteiger partial charge in [0.25, 0.3) is 0 Å². The number of primary amides is 1. The first kappa shape index (κ1) is 17.4. The van der Waals surface area contributed by atoms with E-state index in [0.29, 0.717) is 11.6 Å². The maximum atomic E-state index is 10.9. The number of hydrogen-bond donors (Lipinski definition) is 2. The minimum Gasteiger partial charge on any atom is -0.481 e. The summed E-state index contributed by atoms with van der Waals surface area (Å²) in [5.41, 5.74) is 10.2. The molecule has 0 aliphatic rings. The molecule has 0 aromatic carbocycles. The van der Waals surface area contributed by atoms with Crippen LogP contribution in [0.3, 0.4) is 0 Å². The van der Waals surface area contributed by atoms with Gasteiger partial charge < -0.3 is 15.5 Å². The molecule has 0 spiro atoms. The lowest BCUT2D eigenvalue weighted by Crippen LogP contribution is -2.05. The van der Waals surface area contributed by atoms with Gasteiger partial charge in [0.05, 0.1) is 18.5 Å². The molecule has 0 bridgehead atoms. The molecule has 138 valence electrons. The molecule has 0 unspecified atom stereocenters. The first-order chi connectivity index (χ1) is 13.6. The lowest BCUT2D eigenvalue weighted by Gasteiger charge is -2.05. The van der Waals surface area contributed by atoms with Crippen LogP contribution in [0.4, 0.5) is 0 Å². The zero-order valence-electron chi connectivity index (χ0n) is 15.1. The van der Waals surface area contributed by atoms with Gasteiger partial charge in [0.1, 0.15) is 5.65 Å². The Morgan fingerprint density at radius 1 is 1.18 bits per heavy atom. The van der Waals surface area contributed by atoms with Crippen molar-refractivity contribution < 1.29 is 9.53 Å². The minimum atomic E-state index is -0.514. The Morgan fingerprint density at radius 3 is 2.89 bits per heavy atom. The first-order valence-corrected chi connectivity index (χ1v) is 8.56. The number of nitrogens with zero attached hydrogens (tertiary/aromatic N) is 3. The number of hydrogen-bond acceptors (Lipinski definition) is 5. The van der Waals surface area contributed by atoms with Crippen molar-refractivity contribution >= 4 is 23.0 Å². The highest BCUT2D eigenvalue weighted by atomic mass is 16.5. The van der Waals surface area contributed by atoms with Crippen LogP contribution in [0.25, 0.3) is 39.5 Å². The van der Waals surface area contributed by atoms with Gasteiger partial charge in [0.15, 0.2) is 0 Å². The fourth-order valence-electron chi connectivity index (χ4n) is 2.94. The molecule has 28 heavy (non-hydrogen) atoms. The van der Waals surface area contributed by atoms with E-state index in [-0.39, 0.29) is 0 Å². The maximum Gasteiger partial charge on any atom is 0.241 e. The van der Waals surface area contributed by atoms with Gasteiger partial charge in [-0.15, -0.1) is 0 Å². The summed E-state index contributed by atoms with van der Waals surface area (Å²) < 4.78 is 5.22. The molecular weight excluding hydrogens is 354 g/mol. The molecule has 0 aliphatic carbocycles. The number of carbonyl (C=O) groups is 1. The third kappa shape index (κ3) is 3.45. The van der Waals surface area contributed by atoms with Crippen molar-refractivity contribution in [1.29, 1.82) is 0 Å². The molecule has 0 fully saturated rings. The van der Waals surface area contributed by atoms with Crippen molar-refractivity contribution in [1.82, 2.24) is 19.9 Å². The number of amides is 1. The Bertz CT molecular complexity index is 1200. The number of aromatic nitrogens is 4. The van der Waals surface area contributed by atoms with Gasteiger partial charge in [-0.25, -0.2) is 15.0 Å². The lowest BCUT2D eigenvalue weighted by molar-refractivity contribution is -0.113. The lowest BCUT2D eigenvalue weighted by atomic mass is 10.0. The van der Waals surface area contributed by atoms with E-state index in [4.69, 9.17) is 10.5 Å². The average molecular weight is 371 g/mol. The molecule has 3 N–H and O–H groups in total. The zero-order chi connectivity index (χ0) is 19.5. The van der Waals surface area contributed by atoms with Gasteiger partial charge >= 0.3 is 0 Å². The number of methoxy groups -OCH3 is 1. The number of aromatic amines is 1. The zero-order valence-corrected chi connectivity index (χ0v) is 15.1. The molecule has 0 saturated carbocycles. The van der Waals surface area contributed by atoms with Crippen LogP contribution in [-0.4, -0.2) is 33.0 Å². The predicted octanol–water partition coefficient (Wildman–Crippen LogP) is 3.19. The van der Waals surface area contributed by atoms with E-state index in [0.717, 1.165) is 33.4 Å². The third-order valence-corrected chi connectivity index (χ3v) is 4.27. The standard InChI is InChI=1S/C21H17N5O2/c1-28-20-10-13(7-8-23-20)17-12-25-21-16(17)9-14(11-24-21)18-4-2-3-15(26-18)5-6-19(22)27/h2-12H,1H3,(H2,22,27)(H,24,25). The van der Waals surface area contributed by atoms with Gasteiger partial charge in [-0.2, -0.15) is 0 Å². The molecule has 4 rings (SSSR count). The highest BCUT2D eigenvalue weighted by Crippen LogP contribution is 2.31. The number of carbonyl (C=O) groups excluding carboxylic acids is 1. The van der Waals surface area contributed by atoms with Crippen LogP contribution in [-0.2, 0) is 4.79 Å². The van der Waals surface area contributed by atoms with E-state index >= 15 is 0 Å². The van der Waals surface area contributed by atoms with Crippen LogP contribution < -0.4 is 10.5 Å². The summed E-state index contributed by atoms with van der Waals surface area (Å²) in [6, 6.07) is 11.4. The summed E-state index contributed by atoms with van der Waals surface area (Å²) in [6.07, 6.45) is 8.26. The second-order valence-electron chi connectivity index (χ2n) is 6.09. The Kier molecular flexibility index (Phi) is 4.55. The van der Waals surface area contributed by atoms with Crippen molar-refractivity contribution in [2.75, 3.05) is 7.11 Å². The number of ether oxygens (including phenoxy) is 1. The first-order valence-electron chi connectivity index (χ1n) is 8.56. The molecule has 4 aromatic heterocycles. The molecule has 0 radical (unpaired) electrons.